The first-order chi connectivity index (χ1) is 10.5. The van der Waals surface area contributed by atoms with E-state index in [-0.39, 0.29) is 29.8 Å². The second-order valence-electron chi connectivity index (χ2n) is 6.50. The van der Waals surface area contributed by atoms with E-state index < -0.39 is 0 Å². The van der Waals surface area contributed by atoms with E-state index in [1.54, 1.807) is 7.11 Å². The van der Waals surface area contributed by atoms with Crippen LogP contribution in [0.5, 0.6) is 5.75 Å². The molecule has 1 aliphatic carbocycles. The number of carbonyl (C=O) groups excluding carboxylic acids is 1. The van der Waals surface area contributed by atoms with Crippen molar-refractivity contribution in [3.8, 4) is 5.75 Å². The first-order valence-corrected chi connectivity index (χ1v) is 8.18. The molecular weight excluding hydrogens is 312 g/mol. The Morgan fingerprint density at radius 3 is 2.52 bits per heavy atom. The Labute approximate surface area is 145 Å². The number of hydrogen-bond donors (Lipinski definition) is 1. The maximum Gasteiger partial charge on any atom is 0.227 e. The Morgan fingerprint density at radius 1 is 1.35 bits per heavy atom. The highest BCUT2D eigenvalue weighted by molar-refractivity contribution is 5.85. The van der Waals surface area contributed by atoms with Crippen molar-refractivity contribution in [2.45, 2.75) is 51.6 Å². The molecule has 0 radical (unpaired) electrons. The lowest BCUT2D eigenvalue weighted by Gasteiger charge is -2.39. The van der Waals surface area contributed by atoms with Crippen LogP contribution < -0.4 is 10.5 Å². The van der Waals surface area contributed by atoms with Gasteiger partial charge in [-0.1, -0.05) is 25.0 Å². The van der Waals surface area contributed by atoms with E-state index >= 15 is 0 Å². The molecule has 1 fully saturated rings. The smallest absolute Gasteiger partial charge is 0.227 e. The molecule has 2 unspecified atom stereocenters. The SMILES string of the molecule is CCN(Cc1ccc(OC)cc1)C(=O)C1CCCCC1(C)N.Cl. The van der Waals surface area contributed by atoms with Crippen molar-refractivity contribution in [3.05, 3.63) is 29.8 Å². The summed E-state index contributed by atoms with van der Waals surface area (Å²) >= 11 is 0. The van der Waals surface area contributed by atoms with E-state index in [2.05, 4.69) is 0 Å². The minimum atomic E-state index is -0.372. The number of methoxy groups -OCH3 is 1. The average molecular weight is 341 g/mol. The number of nitrogens with two attached hydrogens (primary N) is 1. The van der Waals surface area contributed by atoms with E-state index in [9.17, 15) is 4.79 Å². The van der Waals surface area contributed by atoms with Crippen LogP contribution in [0.15, 0.2) is 24.3 Å². The highest BCUT2D eigenvalue weighted by atomic mass is 35.5. The summed E-state index contributed by atoms with van der Waals surface area (Å²) in [5.41, 5.74) is 7.13. The van der Waals surface area contributed by atoms with Gasteiger partial charge in [0, 0.05) is 18.6 Å². The van der Waals surface area contributed by atoms with Gasteiger partial charge < -0.3 is 15.4 Å². The van der Waals surface area contributed by atoms with Crippen LogP contribution in [0.25, 0.3) is 0 Å². The monoisotopic (exact) mass is 340 g/mol. The van der Waals surface area contributed by atoms with Gasteiger partial charge >= 0.3 is 0 Å². The number of rotatable bonds is 5. The van der Waals surface area contributed by atoms with Crippen molar-refractivity contribution >= 4 is 18.3 Å². The van der Waals surface area contributed by atoms with E-state index in [0.29, 0.717) is 13.1 Å². The molecule has 2 rings (SSSR count). The molecule has 1 aliphatic rings. The first-order valence-electron chi connectivity index (χ1n) is 8.18. The molecule has 0 heterocycles. The summed E-state index contributed by atoms with van der Waals surface area (Å²) in [6.45, 7) is 5.39. The van der Waals surface area contributed by atoms with Crippen LogP contribution >= 0.6 is 12.4 Å². The number of benzene rings is 1. The Bertz CT molecular complexity index is 502. The fourth-order valence-corrected chi connectivity index (χ4v) is 3.28. The minimum absolute atomic E-state index is 0. The van der Waals surface area contributed by atoms with E-state index in [1.807, 2.05) is 43.0 Å². The topological polar surface area (TPSA) is 55.6 Å². The Kier molecular flexibility index (Phi) is 7.36. The van der Waals surface area contributed by atoms with Gasteiger partial charge in [0.05, 0.1) is 13.0 Å². The summed E-state index contributed by atoms with van der Waals surface area (Å²) in [6.07, 6.45) is 4.07. The average Bonchev–Trinajstić information content (AvgIpc) is 2.52. The standard InChI is InChI=1S/C18H28N2O2.ClH/c1-4-20(13-14-8-10-15(22-3)11-9-14)17(21)16-7-5-6-12-18(16,2)19;/h8-11,16H,4-7,12-13,19H2,1-3H3;1H. The Morgan fingerprint density at radius 2 is 2.00 bits per heavy atom. The van der Waals surface area contributed by atoms with Crippen LogP contribution in [0.3, 0.4) is 0 Å². The van der Waals surface area contributed by atoms with E-state index in [0.717, 1.165) is 37.0 Å². The zero-order valence-corrected chi connectivity index (χ0v) is 15.2. The third-order valence-corrected chi connectivity index (χ3v) is 4.78. The quantitative estimate of drug-likeness (QED) is 0.894. The van der Waals surface area contributed by atoms with Gasteiger partial charge in [0.15, 0.2) is 0 Å². The van der Waals surface area contributed by atoms with Crippen LogP contribution in [0.2, 0.25) is 0 Å². The molecule has 1 saturated carbocycles. The van der Waals surface area contributed by atoms with Crippen LogP contribution in [0.1, 0.15) is 45.1 Å². The van der Waals surface area contributed by atoms with Crippen molar-refractivity contribution in [1.29, 1.82) is 0 Å². The maximum absolute atomic E-state index is 12.9. The molecule has 0 aromatic heterocycles. The third kappa shape index (κ3) is 4.85. The number of ether oxygens (including phenoxy) is 1. The predicted octanol–water partition coefficient (Wildman–Crippen LogP) is 3.37. The van der Waals surface area contributed by atoms with E-state index in [4.69, 9.17) is 10.5 Å². The molecule has 2 N–H and O–H groups in total. The number of nitrogens with zero attached hydrogens (tertiary/aromatic N) is 1. The van der Waals surface area contributed by atoms with Gasteiger partial charge in [-0.3, -0.25) is 4.79 Å². The van der Waals surface area contributed by atoms with Crippen molar-refractivity contribution in [2.75, 3.05) is 13.7 Å². The van der Waals surface area contributed by atoms with Gasteiger partial charge in [-0.25, -0.2) is 0 Å². The van der Waals surface area contributed by atoms with Crippen molar-refractivity contribution in [1.82, 2.24) is 4.90 Å². The summed E-state index contributed by atoms with van der Waals surface area (Å²) in [4.78, 5) is 14.8. The minimum Gasteiger partial charge on any atom is -0.497 e. The fourth-order valence-electron chi connectivity index (χ4n) is 3.28. The molecule has 0 bridgehead atoms. The zero-order chi connectivity index (χ0) is 16.2. The molecule has 1 amide bonds. The second-order valence-corrected chi connectivity index (χ2v) is 6.50. The lowest BCUT2D eigenvalue weighted by molar-refractivity contribution is -0.139. The zero-order valence-electron chi connectivity index (χ0n) is 14.4. The summed E-state index contributed by atoms with van der Waals surface area (Å²) < 4.78 is 5.17. The molecular formula is C18H29ClN2O2. The Balaban J connectivity index is 0.00000264. The molecule has 0 spiro atoms. The number of amides is 1. The molecule has 23 heavy (non-hydrogen) atoms. The van der Waals surface area contributed by atoms with Crippen LogP contribution in [-0.2, 0) is 11.3 Å². The summed E-state index contributed by atoms with van der Waals surface area (Å²) in [7, 11) is 1.65. The third-order valence-electron chi connectivity index (χ3n) is 4.78. The van der Waals surface area contributed by atoms with Gasteiger partial charge in [0.1, 0.15) is 5.75 Å². The number of halogens is 1. The van der Waals surface area contributed by atoms with Crippen LogP contribution in [0, 0.1) is 5.92 Å². The largest absolute Gasteiger partial charge is 0.497 e. The van der Waals surface area contributed by atoms with Crippen LogP contribution in [-0.4, -0.2) is 30.0 Å². The molecule has 1 aromatic carbocycles. The molecule has 0 saturated heterocycles. The molecule has 0 aliphatic heterocycles. The highest BCUT2D eigenvalue weighted by Gasteiger charge is 2.39. The van der Waals surface area contributed by atoms with Crippen molar-refractivity contribution < 1.29 is 9.53 Å². The van der Waals surface area contributed by atoms with Gasteiger partial charge in [0.2, 0.25) is 5.91 Å². The number of hydrogen-bond acceptors (Lipinski definition) is 3. The lowest BCUT2D eigenvalue weighted by atomic mass is 9.74. The molecule has 2 atom stereocenters. The van der Waals surface area contributed by atoms with Gasteiger partial charge in [-0.2, -0.15) is 0 Å². The molecule has 5 heteroatoms. The summed E-state index contributed by atoms with van der Waals surface area (Å²) in [5.74, 6) is 0.974. The van der Waals surface area contributed by atoms with E-state index in [1.165, 1.54) is 0 Å². The summed E-state index contributed by atoms with van der Waals surface area (Å²) in [6, 6.07) is 7.89. The van der Waals surface area contributed by atoms with Crippen molar-refractivity contribution in [3.63, 3.8) is 0 Å². The summed E-state index contributed by atoms with van der Waals surface area (Å²) in [5, 5.41) is 0. The normalized spacial score (nSPS) is 23.7. The molecule has 4 nitrogen and oxygen atoms in total. The maximum atomic E-state index is 12.9. The molecule has 130 valence electrons. The fraction of sp³-hybridized carbons (Fsp3) is 0.611. The van der Waals surface area contributed by atoms with Crippen molar-refractivity contribution in [2.24, 2.45) is 11.7 Å². The highest BCUT2D eigenvalue weighted by Crippen LogP contribution is 2.33. The van der Waals surface area contributed by atoms with Crippen LogP contribution in [0.4, 0.5) is 0 Å². The van der Waals surface area contributed by atoms with Gasteiger partial charge in [-0.05, 0) is 44.4 Å². The number of carbonyl (C=O) groups is 1. The predicted molar refractivity (Wildman–Crippen MR) is 95.9 cm³/mol. The van der Waals surface area contributed by atoms with Gasteiger partial charge in [-0.15, -0.1) is 12.4 Å². The Hall–Kier alpha value is -1.26. The first kappa shape index (κ1) is 19.8. The second kappa shape index (κ2) is 8.55. The van der Waals surface area contributed by atoms with Gasteiger partial charge in [0.25, 0.3) is 0 Å². The lowest BCUT2D eigenvalue weighted by Crippen LogP contribution is -2.53. The molecule has 1 aromatic rings.